The largest absolute Gasteiger partial charge is 0.495 e. The zero-order chi connectivity index (χ0) is 23.1. The van der Waals surface area contributed by atoms with Crippen LogP contribution in [0, 0.1) is 0 Å². The average Bonchev–Trinajstić information content (AvgIpc) is 3.10. The van der Waals surface area contributed by atoms with Crippen molar-refractivity contribution in [1.82, 2.24) is 5.32 Å². The number of sulfonamides is 1. The predicted molar refractivity (Wildman–Crippen MR) is 123 cm³/mol. The van der Waals surface area contributed by atoms with E-state index in [9.17, 15) is 13.2 Å². The highest BCUT2D eigenvalue weighted by Crippen LogP contribution is 2.54. The van der Waals surface area contributed by atoms with Crippen molar-refractivity contribution in [3.8, 4) is 11.5 Å². The van der Waals surface area contributed by atoms with Gasteiger partial charge in [-0.3, -0.25) is 9.52 Å². The topological polar surface area (TPSA) is 115 Å². The van der Waals surface area contributed by atoms with Crippen molar-refractivity contribution in [2.24, 2.45) is 0 Å². The highest BCUT2D eigenvalue weighted by Gasteiger charge is 2.52. The highest BCUT2D eigenvalue weighted by molar-refractivity contribution is 7.92. The Bertz CT molecular complexity index is 1170. The smallest absolute Gasteiger partial charge is 0.265 e. The zero-order valence-corrected chi connectivity index (χ0v) is 19.2. The first-order valence-electron chi connectivity index (χ1n) is 11.0. The molecule has 2 aromatic rings. The maximum atomic E-state index is 13.2. The molecule has 1 saturated heterocycles. The van der Waals surface area contributed by atoms with Crippen molar-refractivity contribution in [2.75, 3.05) is 43.5 Å². The Labute approximate surface area is 192 Å². The standard InChI is InChI=1S/C23H27N3O6S/c1-30-18-5-2-3-6-20(18)33(28,29)26-15-11-17-21(25-22(27)23(17)7-4-8-23)19(12-15)32-14-16-13-31-10-9-24-16/h2-3,5-6,11-12,16,24,26H,4,7-10,13-14H2,1H3,(H,25,27). The van der Waals surface area contributed by atoms with Crippen LogP contribution in [0.2, 0.25) is 0 Å². The maximum absolute atomic E-state index is 13.2. The summed E-state index contributed by atoms with van der Waals surface area (Å²) in [6.07, 6.45) is 2.40. The van der Waals surface area contributed by atoms with Gasteiger partial charge in [0.15, 0.2) is 0 Å². The number of nitrogens with one attached hydrogen (secondary N) is 3. The Kier molecular flexibility index (Phi) is 5.67. The van der Waals surface area contributed by atoms with Gasteiger partial charge in [0.05, 0.1) is 43.2 Å². The van der Waals surface area contributed by atoms with Crippen LogP contribution in [0.5, 0.6) is 11.5 Å². The lowest BCUT2D eigenvalue weighted by molar-refractivity contribution is -0.123. The quantitative estimate of drug-likeness (QED) is 0.565. The monoisotopic (exact) mass is 473 g/mol. The van der Waals surface area contributed by atoms with E-state index < -0.39 is 15.4 Å². The fraction of sp³-hybridized carbons (Fsp3) is 0.435. The zero-order valence-electron chi connectivity index (χ0n) is 18.3. The number of fused-ring (bicyclic) bond motifs is 2. The number of rotatable bonds is 7. The molecule has 0 bridgehead atoms. The second kappa shape index (κ2) is 8.51. The normalized spacial score (nSPS) is 21.1. The first-order valence-corrected chi connectivity index (χ1v) is 12.5. The summed E-state index contributed by atoms with van der Waals surface area (Å²) in [5, 5.41) is 6.30. The van der Waals surface area contributed by atoms with Crippen molar-refractivity contribution >= 4 is 27.3 Å². The molecule has 2 aliphatic heterocycles. The van der Waals surface area contributed by atoms with E-state index in [1.165, 1.54) is 13.2 Å². The number of methoxy groups -OCH3 is 1. The van der Waals surface area contributed by atoms with E-state index in [0.717, 1.165) is 31.4 Å². The van der Waals surface area contributed by atoms with Gasteiger partial charge in [-0.2, -0.15) is 0 Å². The molecule has 10 heteroatoms. The molecule has 2 aromatic carbocycles. The Morgan fingerprint density at radius 1 is 1.21 bits per heavy atom. The first-order chi connectivity index (χ1) is 15.9. The second-order valence-electron chi connectivity index (χ2n) is 8.58. The minimum Gasteiger partial charge on any atom is -0.495 e. The molecule has 0 aromatic heterocycles. The molecule has 5 rings (SSSR count). The van der Waals surface area contributed by atoms with Crippen LogP contribution in [0.25, 0.3) is 0 Å². The Morgan fingerprint density at radius 3 is 2.73 bits per heavy atom. The van der Waals surface area contributed by atoms with E-state index in [1.807, 2.05) is 0 Å². The van der Waals surface area contributed by atoms with E-state index >= 15 is 0 Å². The van der Waals surface area contributed by atoms with Crippen LogP contribution in [-0.4, -0.2) is 53.8 Å². The fourth-order valence-corrected chi connectivity index (χ4v) is 5.86. The van der Waals surface area contributed by atoms with Gasteiger partial charge in [0.25, 0.3) is 10.0 Å². The van der Waals surface area contributed by atoms with Crippen LogP contribution in [0.1, 0.15) is 24.8 Å². The summed E-state index contributed by atoms with van der Waals surface area (Å²) < 4.78 is 45.8. The molecule has 9 nitrogen and oxygen atoms in total. The number of benzene rings is 2. The molecule has 1 spiro atoms. The van der Waals surface area contributed by atoms with Gasteiger partial charge in [-0.1, -0.05) is 18.6 Å². The Hall–Kier alpha value is -2.82. The van der Waals surface area contributed by atoms with Gasteiger partial charge in [0.1, 0.15) is 23.0 Å². The number of ether oxygens (including phenoxy) is 3. The van der Waals surface area contributed by atoms with Gasteiger partial charge >= 0.3 is 0 Å². The van der Waals surface area contributed by atoms with Gasteiger partial charge in [-0.05, 0) is 36.6 Å². The lowest BCUT2D eigenvalue weighted by Gasteiger charge is -2.36. The second-order valence-corrected chi connectivity index (χ2v) is 10.2. The van der Waals surface area contributed by atoms with Crippen LogP contribution >= 0.6 is 0 Å². The average molecular weight is 474 g/mol. The van der Waals surface area contributed by atoms with Crippen molar-refractivity contribution in [3.05, 3.63) is 42.0 Å². The fourth-order valence-electron chi connectivity index (χ4n) is 4.64. The van der Waals surface area contributed by atoms with Crippen LogP contribution < -0.4 is 24.8 Å². The van der Waals surface area contributed by atoms with E-state index in [-0.39, 0.29) is 22.6 Å². The third-order valence-corrected chi connectivity index (χ3v) is 7.97. The van der Waals surface area contributed by atoms with Crippen LogP contribution in [0.15, 0.2) is 41.3 Å². The molecule has 1 unspecified atom stereocenters. The number of hydrogen-bond donors (Lipinski definition) is 3. The van der Waals surface area contributed by atoms with Gasteiger partial charge < -0.3 is 24.8 Å². The summed E-state index contributed by atoms with van der Waals surface area (Å²) in [4.78, 5) is 12.9. The lowest BCUT2D eigenvalue weighted by Crippen LogP contribution is -2.44. The molecule has 1 amide bonds. The van der Waals surface area contributed by atoms with Crippen molar-refractivity contribution < 1.29 is 27.4 Å². The minimum absolute atomic E-state index is 0.0121. The molecule has 3 aliphatic rings. The van der Waals surface area contributed by atoms with Gasteiger partial charge in [-0.15, -0.1) is 0 Å². The summed E-state index contributed by atoms with van der Waals surface area (Å²) in [6, 6.07) is 9.80. The number of morpholine rings is 1. The lowest BCUT2D eigenvalue weighted by atomic mass is 9.65. The highest BCUT2D eigenvalue weighted by atomic mass is 32.2. The predicted octanol–water partition coefficient (Wildman–Crippen LogP) is 2.24. The first kappa shape index (κ1) is 22.0. The van der Waals surface area contributed by atoms with Crippen molar-refractivity contribution in [1.29, 1.82) is 0 Å². The number of para-hydroxylation sites is 1. The summed E-state index contributed by atoms with van der Waals surface area (Å²) in [5.74, 6) is 0.630. The third kappa shape index (κ3) is 3.92. The minimum atomic E-state index is -3.93. The van der Waals surface area contributed by atoms with Crippen molar-refractivity contribution in [3.63, 3.8) is 0 Å². The van der Waals surface area contributed by atoms with Gasteiger partial charge in [-0.25, -0.2) is 8.42 Å². The van der Waals surface area contributed by atoms with E-state index in [4.69, 9.17) is 14.2 Å². The Morgan fingerprint density at radius 2 is 2.03 bits per heavy atom. The van der Waals surface area contributed by atoms with E-state index in [1.54, 1.807) is 30.3 Å². The summed E-state index contributed by atoms with van der Waals surface area (Å²) in [7, 11) is -2.51. The van der Waals surface area contributed by atoms with Crippen LogP contribution in [0.3, 0.4) is 0 Å². The number of carbonyl (C=O) groups excluding carboxylic acids is 1. The SMILES string of the molecule is COc1ccccc1S(=O)(=O)Nc1cc(OCC2COCCN2)c2c(c1)C1(CCC1)C(=O)N2. The number of anilines is 2. The number of hydrogen-bond acceptors (Lipinski definition) is 7. The van der Waals surface area contributed by atoms with E-state index in [0.29, 0.717) is 36.9 Å². The molecule has 3 N–H and O–H groups in total. The summed E-state index contributed by atoms with van der Waals surface area (Å²) >= 11 is 0. The molecule has 33 heavy (non-hydrogen) atoms. The molecule has 1 saturated carbocycles. The maximum Gasteiger partial charge on any atom is 0.265 e. The summed E-state index contributed by atoms with van der Waals surface area (Å²) in [5.41, 5.74) is 1.12. The molecule has 2 heterocycles. The van der Waals surface area contributed by atoms with E-state index in [2.05, 4.69) is 15.4 Å². The Balaban J connectivity index is 1.49. The molecule has 176 valence electrons. The van der Waals surface area contributed by atoms with Gasteiger partial charge in [0.2, 0.25) is 5.91 Å². The van der Waals surface area contributed by atoms with Crippen molar-refractivity contribution in [2.45, 2.75) is 35.6 Å². The number of carbonyl (C=O) groups is 1. The summed E-state index contributed by atoms with van der Waals surface area (Å²) in [6.45, 7) is 2.26. The molecular formula is C23H27N3O6S. The molecular weight excluding hydrogens is 446 g/mol. The molecule has 2 fully saturated rings. The van der Waals surface area contributed by atoms with Gasteiger partial charge in [0, 0.05) is 12.6 Å². The van der Waals surface area contributed by atoms with Crippen LogP contribution in [-0.2, 0) is 25.0 Å². The number of amides is 1. The molecule has 1 aliphatic carbocycles. The molecule has 1 atom stereocenters. The molecule has 0 radical (unpaired) electrons. The van der Waals surface area contributed by atoms with Crippen LogP contribution in [0.4, 0.5) is 11.4 Å². The third-order valence-electron chi connectivity index (χ3n) is 6.55.